The fourth-order valence-corrected chi connectivity index (χ4v) is 1.85. The van der Waals surface area contributed by atoms with Crippen molar-refractivity contribution in [2.24, 2.45) is 5.73 Å². The lowest BCUT2D eigenvalue weighted by atomic mass is 10.1. The molecule has 0 aliphatic heterocycles. The molecule has 2 heterocycles. The first-order chi connectivity index (χ1) is 9.33. The first kappa shape index (κ1) is 11.7. The van der Waals surface area contributed by atoms with Gasteiger partial charge in [-0.25, -0.2) is 0 Å². The van der Waals surface area contributed by atoms with Crippen molar-refractivity contribution in [3.63, 3.8) is 0 Å². The van der Waals surface area contributed by atoms with Crippen LogP contribution in [0.2, 0.25) is 0 Å². The lowest BCUT2D eigenvalue weighted by Crippen LogP contribution is -2.13. The zero-order valence-corrected chi connectivity index (χ0v) is 10.2. The molecule has 96 valence electrons. The van der Waals surface area contributed by atoms with Crippen LogP contribution >= 0.6 is 0 Å². The molecule has 0 bridgehead atoms. The van der Waals surface area contributed by atoms with E-state index in [4.69, 9.17) is 14.7 Å². The number of hydrogen-bond acceptors (Lipinski definition) is 5. The highest BCUT2D eigenvalue weighted by Gasteiger charge is 2.16. The fourth-order valence-electron chi connectivity index (χ4n) is 1.85. The Morgan fingerprint density at radius 1 is 1.16 bits per heavy atom. The van der Waals surface area contributed by atoms with Gasteiger partial charge in [0.15, 0.2) is 0 Å². The molecular weight excluding hydrogens is 242 g/mol. The molecule has 0 amide bonds. The average molecular weight is 255 g/mol. The maximum absolute atomic E-state index is 6.07. The van der Waals surface area contributed by atoms with Crippen molar-refractivity contribution in [3.05, 3.63) is 60.4 Å². The van der Waals surface area contributed by atoms with E-state index in [0.29, 0.717) is 18.1 Å². The predicted molar refractivity (Wildman–Crippen MR) is 69.1 cm³/mol. The van der Waals surface area contributed by atoms with Crippen LogP contribution in [0.15, 0.2) is 57.9 Å². The largest absolute Gasteiger partial charge is 0.472 e. The highest BCUT2D eigenvalue weighted by molar-refractivity contribution is 5.51. The van der Waals surface area contributed by atoms with E-state index in [9.17, 15) is 0 Å². The summed E-state index contributed by atoms with van der Waals surface area (Å²) in [5.41, 5.74) is 7.99. The molecule has 5 heteroatoms. The van der Waals surface area contributed by atoms with Gasteiger partial charge in [0.2, 0.25) is 11.7 Å². The number of nitrogens with zero attached hydrogens (tertiary/aromatic N) is 2. The Kier molecular flexibility index (Phi) is 3.12. The minimum Gasteiger partial charge on any atom is -0.472 e. The Hall–Kier alpha value is -2.40. The second-order valence-corrected chi connectivity index (χ2v) is 4.26. The maximum Gasteiger partial charge on any atom is 0.244 e. The van der Waals surface area contributed by atoms with Gasteiger partial charge in [0.1, 0.15) is 6.26 Å². The Morgan fingerprint density at radius 2 is 2.00 bits per heavy atom. The van der Waals surface area contributed by atoms with Gasteiger partial charge in [-0.1, -0.05) is 35.5 Å². The van der Waals surface area contributed by atoms with Crippen molar-refractivity contribution in [3.8, 4) is 11.4 Å². The monoisotopic (exact) mass is 255 g/mol. The summed E-state index contributed by atoms with van der Waals surface area (Å²) in [4.78, 5) is 4.29. The van der Waals surface area contributed by atoms with Gasteiger partial charge >= 0.3 is 0 Å². The summed E-state index contributed by atoms with van der Waals surface area (Å²) in [6, 6.07) is 11.4. The van der Waals surface area contributed by atoms with E-state index in [-0.39, 0.29) is 6.04 Å². The number of benzene rings is 1. The summed E-state index contributed by atoms with van der Waals surface area (Å²) in [5.74, 6) is 0.923. The summed E-state index contributed by atoms with van der Waals surface area (Å²) in [6.45, 7) is 0. The summed E-state index contributed by atoms with van der Waals surface area (Å²) in [5, 5.41) is 3.90. The Balaban J connectivity index is 1.76. The quantitative estimate of drug-likeness (QED) is 0.775. The standard InChI is InChI=1S/C14H13N3O2/c15-12(8-10-4-2-1-3-5-10)14-16-13(17-19-14)11-6-7-18-9-11/h1-7,9,12H,8,15H2. The van der Waals surface area contributed by atoms with E-state index in [2.05, 4.69) is 10.1 Å². The SMILES string of the molecule is NC(Cc1ccccc1)c1nc(-c2ccoc2)no1. The lowest BCUT2D eigenvalue weighted by Gasteiger charge is -2.05. The number of nitrogens with two attached hydrogens (primary N) is 1. The molecule has 3 rings (SSSR count). The molecule has 0 spiro atoms. The Bertz CT molecular complexity index is 632. The van der Waals surface area contributed by atoms with Crippen LogP contribution in [0.4, 0.5) is 0 Å². The molecule has 0 fully saturated rings. The third-order valence-corrected chi connectivity index (χ3v) is 2.84. The van der Waals surface area contributed by atoms with Gasteiger partial charge in [-0.15, -0.1) is 0 Å². The molecule has 2 aromatic heterocycles. The van der Waals surface area contributed by atoms with Gasteiger partial charge in [-0.3, -0.25) is 0 Å². The summed E-state index contributed by atoms with van der Waals surface area (Å²) in [6.07, 6.45) is 3.79. The van der Waals surface area contributed by atoms with Gasteiger partial charge in [-0.05, 0) is 18.1 Å². The van der Waals surface area contributed by atoms with E-state index in [1.165, 1.54) is 0 Å². The molecule has 1 aromatic carbocycles. The molecule has 3 aromatic rings. The van der Waals surface area contributed by atoms with E-state index < -0.39 is 0 Å². The predicted octanol–water partition coefficient (Wildman–Crippen LogP) is 2.57. The topological polar surface area (TPSA) is 78.1 Å². The van der Waals surface area contributed by atoms with Gasteiger partial charge in [0, 0.05) is 0 Å². The van der Waals surface area contributed by atoms with Gasteiger partial charge in [0.25, 0.3) is 0 Å². The molecule has 5 nitrogen and oxygen atoms in total. The Morgan fingerprint density at radius 3 is 2.74 bits per heavy atom. The minimum atomic E-state index is -0.310. The van der Waals surface area contributed by atoms with Crippen molar-refractivity contribution >= 4 is 0 Å². The van der Waals surface area contributed by atoms with E-state index in [1.54, 1.807) is 18.6 Å². The normalized spacial score (nSPS) is 12.5. The third kappa shape index (κ3) is 2.56. The number of hydrogen-bond donors (Lipinski definition) is 1. The van der Waals surface area contributed by atoms with Crippen molar-refractivity contribution in [2.45, 2.75) is 12.5 Å². The number of rotatable bonds is 4. The molecule has 0 aliphatic carbocycles. The molecule has 0 aliphatic rings. The first-order valence-electron chi connectivity index (χ1n) is 5.98. The summed E-state index contributed by atoms with van der Waals surface area (Å²) >= 11 is 0. The highest BCUT2D eigenvalue weighted by Crippen LogP contribution is 2.20. The average Bonchev–Trinajstić information content (AvgIpc) is 3.11. The van der Waals surface area contributed by atoms with Crippen LogP contribution in [0.1, 0.15) is 17.5 Å². The number of aromatic nitrogens is 2. The van der Waals surface area contributed by atoms with Crippen LogP contribution in [0.5, 0.6) is 0 Å². The van der Waals surface area contributed by atoms with Crippen LogP contribution in [-0.4, -0.2) is 10.1 Å². The molecule has 1 unspecified atom stereocenters. The smallest absolute Gasteiger partial charge is 0.244 e. The molecule has 2 N–H and O–H groups in total. The Labute approximate surface area is 110 Å². The van der Waals surface area contributed by atoms with E-state index >= 15 is 0 Å². The first-order valence-corrected chi connectivity index (χ1v) is 5.98. The van der Waals surface area contributed by atoms with E-state index in [1.807, 2.05) is 30.3 Å². The van der Waals surface area contributed by atoms with Gasteiger partial charge < -0.3 is 14.7 Å². The van der Waals surface area contributed by atoms with Crippen molar-refractivity contribution in [1.82, 2.24) is 10.1 Å². The van der Waals surface area contributed by atoms with Crippen LogP contribution in [0, 0.1) is 0 Å². The molecule has 1 atom stereocenters. The zero-order valence-electron chi connectivity index (χ0n) is 10.2. The van der Waals surface area contributed by atoms with Crippen LogP contribution in [0.25, 0.3) is 11.4 Å². The fraction of sp³-hybridized carbons (Fsp3) is 0.143. The third-order valence-electron chi connectivity index (χ3n) is 2.84. The second kappa shape index (κ2) is 5.07. The molecule has 19 heavy (non-hydrogen) atoms. The molecule has 0 saturated carbocycles. The van der Waals surface area contributed by atoms with Gasteiger partial charge in [-0.2, -0.15) is 4.98 Å². The zero-order chi connectivity index (χ0) is 13.1. The van der Waals surface area contributed by atoms with Crippen LogP contribution in [0.3, 0.4) is 0 Å². The maximum atomic E-state index is 6.07. The summed E-state index contributed by atoms with van der Waals surface area (Å²) < 4.78 is 10.2. The van der Waals surface area contributed by atoms with Crippen molar-refractivity contribution in [1.29, 1.82) is 0 Å². The van der Waals surface area contributed by atoms with Crippen molar-refractivity contribution in [2.75, 3.05) is 0 Å². The van der Waals surface area contributed by atoms with Gasteiger partial charge in [0.05, 0.1) is 17.9 Å². The lowest BCUT2D eigenvalue weighted by molar-refractivity contribution is 0.354. The highest BCUT2D eigenvalue weighted by atomic mass is 16.5. The van der Waals surface area contributed by atoms with E-state index in [0.717, 1.165) is 11.1 Å². The minimum absolute atomic E-state index is 0.310. The molecule has 0 saturated heterocycles. The van der Waals surface area contributed by atoms with Crippen LogP contribution in [-0.2, 0) is 6.42 Å². The summed E-state index contributed by atoms with van der Waals surface area (Å²) in [7, 11) is 0. The number of furan rings is 1. The second-order valence-electron chi connectivity index (χ2n) is 4.26. The molecular formula is C14H13N3O2. The van der Waals surface area contributed by atoms with Crippen LogP contribution < -0.4 is 5.73 Å². The molecule has 0 radical (unpaired) electrons. The van der Waals surface area contributed by atoms with Crippen molar-refractivity contribution < 1.29 is 8.94 Å².